The molecule has 1 aromatic carbocycles. The van der Waals surface area contributed by atoms with Crippen LogP contribution in [0.5, 0.6) is 0 Å². The summed E-state index contributed by atoms with van der Waals surface area (Å²) in [5, 5.41) is 0. The van der Waals surface area contributed by atoms with Gasteiger partial charge in [-0.1, -0.05) is 24.3 Å². The average molecular weight is 342 g/mol. The molecule has 0 radical (unpaired) electrons. The molecule has 6 heteroatoms. The van der Waals surface area contributed by atoms with Gasteiger partial charge in [0.05, 0.1) is 0 Å². The van der Waals surface area contributed by atoms with E-state index in [1.165, 1.54) is 18.5 Å². The normalized spacial score (nSPS) is 26.0. The maximum absolute atomic E-state index is 12.9. The van der Waals surface area contributed by atoms with Crippen molar-refractivity contribution in [1.29, 1.82) is 0 Å². The van der Waals surface area contributed by atoms with Crippen molar-refractivity contribution < 1.29 is 13.2 Å². The van der Waals surface area contributed by atoms with Crippen LogP contribution in [0.25, 0.3) is 0 Å². The standard InChI is InChI=1S/C18H18N2O3S/c21-18-15-6-2-1-4-12(15)10-13-7-8-16(18)17(13)20-24(22,23)14-5-3-9-19-11-14/h1-6,9,11,13,16-17,20H,7-8,10H2. The lowest BCUT2D eigenvalue weighted by molar-refractivity contribution is 0.0909. The van der Waals surface area contributed by atoms with Crippen LogP contribution in [0.4, 0.5) is 0 Å². The van der Waals surface area contributed by atoms with Crippen molar-refractivity contribution in [3.8, 4) is 0 Å². The van der Waals surface area contributed by atoms with Crippen LogP contribution < -0.4 is 4.72 Å². The lowest BCUT2D eigenvalue weighted by Gasteiger charge is -2.22. The van der Waals surface area contributed by atoms with Crippen LogP contribution in [0.15, 0.2) is 53.7 Å². The Morgan fingerprint density at radius 1 is 1.08 bits per heavy atom. The minimum Gasteiger partial charge on any atom is -0.294 e. The van der Waals surface area contributed by atoms with E-state index in [0.29, 0.717) is 0 Å². The van der Waals surface area contributed by atoms with Crippen molar-refractivity contribution in [2.75, 3.05) is 0 Å². The second kappa shape index (κ2) is 5.79. The largest absolute Gasteiger partial charge is 0.294 e. The fourth-order valence-electron chi connectivity index (χ4n) is 3.96. The predicted octanol–water partition coefficient (Wildman–Crippen LogP) is 2.19. The quantitative estimate of drug-likeness (QED) is 0.928. The minimum atomic E-state index is -3.68. The summed E-state index contributed by atoms with van der Waals surface area (Å²) in [6.45, 7) is 0. The maximum Gasteiger partial charge on any atom is 0.242 e. The third-order valence-electron chi connectivity index (χ3n) is 5.13. The molecule has 124 valence electrons. The van der Waals surface area contributed by atoms with Gasteiger partial charge in [-0.25, -0.2) is 13.1 Å². The zero-order chi connectivity index (χ0) is 16.7. The number of hydrogen-bond donors (Lipinski definition) is 1. The molecule has 2 aromatic rings. The van der Waals surface area contributed by atoms with Gasteiger partial charge in [-0.2, -0.15) is 0 Å². The number of fused-ring (bicyclic) bond motifs is 3. The molecule has 2 aliphatic carbocycles. The van der Waals surface area contributed by atoms with Crippen molar-refractivity contribution in [2.45, 2.75) is 30.2 Å². The second-order valence-corrected chi connectivity index (χ2v) is 8.22. The van der Waals surface area contributed by atoms with E-state index in [0.717, 1.165) is 30.4 Å². The molecule has 1 fully saturated rings. The molecule has 1 N–H and O–H groups in total. The molecule has 1 aromatic heterocycles. The summed E-state index contributed by atoms with van der Waals surface area (Å²) in [4.78, 5) is 16.9. The summed E-state index contributed by atoms with van der Waals surface area (Å²) in [6.07, 6.45) is 5.20. The van der Waals surface area contributed by atoms with E-state index in [2.05, 4.69) is 9.71 Å². The van der Waals surface area contributed by atoms with E-state index in [4.69, 9.17) is 0 Å². The summed E-state index contributed by atoms with van der Waals surface area (Å²) in [6, 6.07) is 10.4. The molecule has 0 saturated heterocycles. The summed E-state index contributed by atoms with van der Waals surface area (Å²) < 4.78 is 28.1. The highest BCUT2D eigenvalue weighted by Gasteiger charge is 2.45. The molecule has 0 amide bonds. The van der Waals surface area contributed by atoms with Gasteiger partial charge in [0.25, 0.3) is 0 Å². The van der Waals surface area contributed by atoms with E-state index in [-0.39, 0.29) is 28.6 Å². The minimum absolute atomic E-state index is 0.0597. The Morgan fingerprint density at radius 2 is 1.92 bits per heavy atom. The van der Waals surface area contributed by atoms with Crippen LogP contribution in [-0.2, 0) is 16.4 Å². The smallest absolute Gasteiger partial charge is 0.242 e. The van der Waals surface area contributed by atoms with Crippen molar-refractivity contribution in [3.05, 3.63) is 59.9 Å². The molecule has 1 heterocycles. The fraction of sp³-hybridized carbons (Fsp3) is 0.333. The first kappa shape index (κ1) is 15.5. The molecule has 5 nitrogen and oxygen atoms in total. The van der Waals surface area contributed by atoms with Gasteiger partial charge in [-0.15, -0.1) is 0 Å². The van der Waals surface area contributed by atoms with Crippen LogP contribution in [0.3, 0.4) is 0 Å². The van der Waals surface area contributed by atoms with Crippen molar-refractivity contribution >= 4 is 15.8 Å². The van der Waals surface area contributed by atoms with E-state index in [1.807, 2.05) is 24.3 Å². The highest BCUT2D eigenvalue weighted by molar-refractivity contribution is 7.89. The Bertz CT molecular complexity index is 880. The van der Waals surface area contributed by atoms with Crippen LogP contribution in [0, 0.1) is 11.8 Å². The number of aromatic nitrogens is 1. The zero-order valence-electron chi connectivity index (χ0n) is 13.1. The number of carbonyl (C=O) groups excluding carboxylic acids is 1. The third-order valence-corrected chi connectivity index (χ3v) is 6.57. The average Bonchev–Trinajstić information content (AvgIpc) is 2.92. The van der Waals surface area contributed by atoms with Gasteiger partial charge < -0.3 is 0 Å². The van der Waals surface area contributed by atoms with Crippen molar-refractivity contribution in [3.63, 3.8) is 0 Å². The van der Waals surface area contributed by atoms with Gasteiger partial charge >= 0.3 is 0 Å². The number of sulfonamides is 1. The first-order valence-corrected chi connectivity index (χ1v) is 9.59. The fourth-order valence-corrected chi connectivity index (χ4v) is 5.27. The van der Waals surface area contributed by atoms with Gasteiger partial charge in [-0.05, 0) is 42.9 Å². The number of rotatable bonds is 3. The molecule has 0 aliphatic heterocycles. The summed E-state index contributed by atoms with van der Waals surface area (Å²) in [5.41, 5.74) is 1.77. The first-order valence-electron chi connectivity index (χ1n) is 8.11. The number of ketones is 1. The molecule has 3 atom stereocenters. The number of carbonyl (C=O) groups is 1. The Morgan fingerprint density at radius 3 is 2.71 bits per heavy atom. The predicted molar refractivity (Wildman–Crippen MR) is 89.0 cm³/mol. The van der Waals surface area contributed by atoms with Crippen LogP contribution in [0.1, 0.15) is 28.8 Å². The molecule has 3 unspecified atom stereocenters. The topological polar surface area (TPSA) is 76.1 Å². The van der Waals surface area contributed by atoms with E-state index < -0.39 is 10.0 Å². The summed E-state index contributed by atoms with van der Waals surface area (Å²) >= 11 is 0. The molecule has 2 aliphatic rings. The van der Waals surface area contributed by atoms with Crippen molar-refractivity contribution in [1.82, 2.24) is 9.71 Å². The Hall–Kier alpha value is -2.05. The van der Waals surface area contributed by atoms with Gasteiger partial charge in [-0.3, -0.25) is 9.78 Å². The Balaban J connectivity index is 1.67. The Kier molecular flexibility index (Phi) is 3.73. The number of Topliss-reactive ketones (excluding diaryl/α,β-unsaturated/α-hetero) is 1. The number of nitrogens with zero attached hydrogens (tertiary/aromatic N) is 1. The van der Waals surface area contributed by atoms with Gasteiger partial charge in [0, 0.05) is 29.9 Å². The number of benzene rings is 1. The van der Waals surface area contributed by atoms with Crippen LogP contribution >= 0.6 is 0 Å². The first-order chi connectivity index (χ1) is 11.6. The van der Waals surface area contributed by atoms with Crippen LogP contribution in [0.2, 0.25) is 0 Å². The van der Waals surface area contributed by atoms with E-state index >= 15 is 0 Å². The van der Waals surface area contributed by atoms with Gasteiger partial charge in [0.15, 0.2) is 5.78 Å². The summed E-state index contributed by atoms with van der Waals surface area (Å²) in [7, 11) is -3.68. The Labute approximate surface area is 141 Å². The summed E-state index contributed by atoms with van der Waals surface area (Å²) in [5.74, 6) is -0.0800. The lowest BCUT2D eigenvalue weighted by atomic mass is 9.92. The number of pyridine rings is 1. The van der Waals surface area contributed by atoms with Crippen molar-refractivity contribution in [2.24, 2.45) is 11.8 Å². The van der Waals surface area contributed by atoms with Crippen LogP contribution in [-0.4, -0.2) is 25.2 Å². The molecule has 24 heavy (non-hydrogen) atoms. The molecule has 4 rings (SSSR count). The zero-order valence-corrected chi connectivity index (χ0v) is 13.9. The number of hydrogen-bond acceptors (Lipinski definition) is 4. The highest BCUT2D eigenvalue weighted by atomic mass is 32.2. The second-order valence-electron chi connectivity index (χ2n) is 6.51. The van der Waals surface area contributed by atoms with Gasteiger partial charge in [0.1, 0.15) is 4.90 Å². The molecule has 1 saturated carbocycles. The third kappa shape index (κ3) is 2.56. The van der Waals surface area contributed by atoms with E-state index in [9.17, 15) is 13.2 Å². The molecule has 2 bridgehead atoms. The SMILES string of the molecule is O=C1c2ccccc2CC2CCC1C2NS(=O)(=O)c1cccnc1. The monoisotopic (exact) mass is 342 g/mol. The molecular weight excluding hydrogens is 324 g/mol. The van der Waals surface area contributed by atoms with Gasteiger partial charge in [0.2, 0.25) is 10.0 Å². The maximum atomic E-state index is 12.9. The molecular formula is C18H18N2O3S. The lowest BCUT2D eigenvalue weighted by Crippen LogP contribution is -2.43. The number of nitrogens with one attached hydrogen (secondary N) is 1. The molecule has 0 spiro atoms. The van der Waals surface area contributed by atoms with E-state index in [1.54, 1.807) is 6.07 Å². The highest BCUT2D eigenvalue weighted by Crippen LogP contribution is 2.40.